The Morgan fingerprint density at radius 1 is 1.26 bits per heavy atom. The van der Waals surface area contributed by atoms with Gasteiger partial charge in [0.15, 0.2) is 17.5 Å². The summed E-state index contributed by atoms with van der Waals surface area (Å²) in [5.74, 6) is -1.18. The molecule has 0 unspecified atom stereocenters. The van der Waals surface area contributed by atoms with Crippen molar-refractivity contribution in [2.75, 3.05) is 6.61 Å². The third-order valence-electron chi connectivity index (χ3n) is 4.77. The first kappa shape index (κ1) is 21.5. The van der Waals surface area contributed by atoms with Gasteiger partial charge in [0.05, 0.1) is 17.4 Å². The van der Waals surface area contributed by atoms with Crippen molar-refractivity contribution in [2.24, 2.45) is 0 Å². The van der Waals surface area contributed by atoms with E-state index in [0.29, 0.717) is 16.6 Å². The summed E-state index contributed by atoms with van der Waals surface area (Å²) in [5.41, 5.74) is 1.20. The number of nitrogens with zero attached hydrogens (tertiary/aromatic N) is 3. The maximum Gasteiger partial charge on any atom is 0.338 e. The van der Waals surface area contributed by atoms with Gasteiger partial charge in [-0.05, 0) is 12.1 Å². The standard InChI is InChI=1S/C20H17Cl2N3O6/c1-10(26)30-17-16(27)13(8-29-20(28)11-5-3-2-4-6-11)31-19(17)25-9-23-15-12(25)7-14(21)24-18(15)22/h2-7,9,13,16-17,19,27H,8H2,1H3/t13-,16-,17-,19-/m1/s1. The molecule has 11 heteroatoms. The monoisotopic (exact) mass is 465 g/mol. The summed E-state index contributed by atoms with van der Waals surface area (Å²) in [6.07, 6.45) is -2.84. The van der Waals surface area contributed by atoms with Crippen molar-refractivity contribution in [1.29, 1.82) is 0 Å². The number of benzene rings is 1. The zero-order valence-corrected chi connectivity index (χ0v) is 17.7. The molecule has 1 N–H and O–H groups in total. The quantitative estimate of drug-likeness (QED) is 0.451. The molecule has 0 bridgehead atoms. The van der Waals surface area contributed by atoms with Crippen molar-refractivity contribution in [2.45, 2.75) is 31.5 Å². The average Bonchev–Trinajstić information content (AvgIpc) is 3.28. The fourth-order valence-electron chi connectivity index (χ4n) is 3.38. The molecule has 3 aromatic rings. The van der Waals surface area contributed by atoms with Gasteiger partial charge < -0.3 is 19.3 Å². The van der Waals surface area contributed by atoms with Crippen LogP contribution in [-0.2, 0) is 19.0 Å². The lowest BCUT2D eigenvalue weighted by atomic mass is 10.1. The number of halogens is 2. The molecule has 0 amide bonds. The van der Waals surface area contributed by atoms with Gasteiger partial charge in [0.25, 0.3) is 0 Å². The molecular formula is C20H17Cl2N3O6. The van der Waals surface area contributed by atoms with Gasteiger partial charge in [0.2, 0.25) is 0 Å². The van der Waals surface area contributed by atoms with Crippen LogP contribution in [0.1, 0.15) is 23.5 Å². The molecule has 4 rings (SSSR count). The van der Waals surface area contributed by atoms with E-state index in [0.717, 1.165) is 0 Å². The van der Waals surface area contributed by atoms with Gasteiger partial charge in [-0.3, -0.25) is 9.36 Å². The summed E-state index contributed by atoms with van der Waals surface area (Å²) in [7, 11) is 0. The Kier molecular flexibility index (Phi) is 6.10. The molecule has 0 aliphatic carbocycles. The number of hydrogen-bond acceptors (Lipinski definition) is 8. The van der Waals surface area contributed by atoms with E-state index in [1.807, 2.05) is 0 Å². The lowest BCUT2D eigenvalue weighted by Crippen LogP contribution is -2.37. The molecule has 162 valence electrons. The van der Waals surface area contributed by atoms with Crippen molar-refractivity contribution >= 4 is 46.2 Å². The predicted octanol–water partition coefficient (Wildman–Crippen LogP) is 2.79. The number of pyridine rings is 1. The first-order valence-electron chi connectivity index (χ1n) is 9.26. The highest BCUT2D eigenvalue weighted by molar-refractivity contribution is 6.36. The third kappa shape index (κ3) is 4.35. The van der Waals surface area contributed by atoms with Gasteiger partial charge in [0, 0.05) is 13.0 Å². The second-order valence-electron chi connectivity index (χ2n) is 6.85. The second-order valence-corrected chi connectivity index (χ2v) is 7.59. The predicted molar refractivity (Wildman–Crippen MR) is 110 cm³/mol. The minimum absolute atomic E-state index is 0.0946. The summed E-state index contributed by atoms with van der Waals surface area (Å²) >= 11 is 12.1. The van der Waals surface area contributed by atoms with Crippen molar-refractivity contribution in [3.05, 3.63) is 58.6 Å². The molecule has 2 aromatic heterocycles. The molecule has 1 aromatic carbocycles. The van der Waals surface area contributed by atoms with Crippen molar-refractivity contribution in [3.63, 3.8) is 0 Å². The minimum Gasteiger partial charge on any atom is -0.459 e. The van der Waals surface area contributed by atoms with Crippen LogP contribution in [0.4, 0.5) is 0 Å². The highest BCUT2D eigenvalue weighted by Gasteiger charge is 2.48. The van der Waals surface area contributed by atoms with Gasteiger partial charge in [-0.15, -0.1) is 0 Å². The van der Waals surface area contributed by atoms with Gasteiger partial charge in [0.1, 0.15) is 29.5 Å². The molecule has 1 fully saturated rings. The fraction of sp³-hybridized carbons (Fsp3) is 0.300. The van der Waals surface area contributed by atoms with E-state index in [4.69, 9.17) is 37.4 Å². The van der Waals surface area contributed by atoms with Gasteiger partial charge >= 0.3 is 11.9 Å². The minimum atomic E-state index is -1.26. The van der Waals surface area contributed by atoms with Crippen LogP contribution in [0.25, 0.3) is 11.0 Å². The summed E-state index contributed by atoms with van der Waals surface area (Å²) in [6.45, 7) is 0.967. The van der Waals surface area contributed by atoms with E-state index in [2.05, 4.69) is 9.97 Å². The molecule has 31 heavy (non-hydrogen) atoms. The van der Waals surface area contributed by atoms with Crippen LogP contribution < -0.4 is 0 Å². The van der Waals surface area contributed by atoms with E-state index in [-0.39, 0.29) is 16.9 Å². The first-order valence-corrected chi connectivity index (χ1v) is 10.0. The highest BCUT2D eigenvalue weighted by Crippen LogP contribution is 2.35. The summed E-state index contributed by atoms with van der Waals surface area (Å²) in [5, 5.41) is 11.0. The second kappa shape index (κ2) is 8.80. The Hall–Kier alpha value is -2.72. The van der Waals surface area contributed by atoms with E-state index in [1.165, 1.54) is 23.9 Å². The van der Waals surface area contributed by atoms with Crippen LogP contribution in [0, 0.1) is 0 Å². The maximum atomic E-state index is 12.2. The molecule has 4 atom stereocenters. The van der Waals surface area contributed by atoms with Crippen LogP contribution in [0.3, 0.4) is 0 Å². The van der Waals surface area contributed by atoms with Crippen LogP contribution in [0.5, 0.6) is 0 Å². The number of hydrogen-bond donors (Lipinski definition) is 1. The smallest absolute Gasteiger partial charge is 0.338 e. The maximum absolute atomic E-state index is 12.2. The third-order valence-corrected chi connectivity index (χ3v) is 5.22. The number of aromatic nitrogens is 3. The van der Waals surface area contributed by atoms with Gasteiger partial charge in [-0.2, -0.15) is 0 Å². The number of esters is 2. The van der Waals surface area contributed by atoms with Crippen molar-refractivity contribution < 1.29 is 28.9 Å². The number of rotatable bonds is 5. The lowest BCUT2D eigenvalue weighted by Gasteiger charge is -2.21. The number of carbonyl (C=O) groups is 2. The van der Waals surface area contributed by atoms with E-state index in [9.17, 15) is 14.7 Å². The van der Waals surface area contributed by atoms with Crippen LogP contribution >= 0.6 is 23.2 Å². The largest absolute Gasteiger partial charge is 0.459 e. The van der Waals surface area contributed by atoms with Gasteiger partial charge in [-0.25, -0.2) is 14.8 Å². The molecule has 1 aliphatic rings. The Labute approximate surface area is 186 Å². The average molecular weight is 466 g/mol. The normalized spacial score (nSPS) is 23.1. The number of imidazole rings is 1. The lowest BCUT2D eigenvalue weighted by molar-refractivity contribution is -0.155. The van der Waals surface area contributed by atoms with Gasteiger partial charge in [-0.1, -0.05) is 41.4 Å². The van der Waals surface area contributed by atoms with Crippen molar-refractivity contribution in [1.82, 2.24) is 14.5 Å². The topological polar surface area (TPSA) is 113 Å². The molecule has 0 saturated carbocycles. The Morgan fingerprint density at radius 3 is 2.71 bits per heavy atom. The highest BCUT2D eigenvalue weighted by atomic mass is 35.5. The number of ether oxygens (including phenoxy) is 3. The SMILES string of the molecule is CC(=O)O[C@@H]1[C@H](O)[C@@H](COC(=O)c2ccccc2)O[C@H]1n1cnc2c(Cl)nc(Cl)cc21. The van der Waals surface area contributed by atoms with E-state index in [1.54, 1.807) is 30.3 Å². The zero-order chi connectivity index (χ0) is 22.1. The summed E-state index contributed by atoms with van der Waals surface area (Å²) in [4.78, 5) is 32.0. The molecule has 1 saturated heterocycles. The molecule has 9 nitrogen and oxygen atoms in total. The summed E-state index contributed by atoms with van der Waals surface area (Å²) in [6, 6.07) is 9.94. The number of carbonyl (C=O) groups excluding carboxylic acids is 2. The molecule has 0 radical (unpaired) electrons. The fourth-order valence-corrected chi connectivity index (χ4v) is 3.85. The molecule has 1 aliphatic heterocycles. The summed E-state index contributed by atoms with van der Waals surface area (Å²) < 4.78 is 18.0. The number of aliphatic hydroxyl groups is 1. The van der Waals surface area contributed by atoms with Crippen LogP contribution in [-0.4, -0.2) is 56.5 Å². The van der Waals surface area contributed by atoms with E-state index >= 15 is 0 Å². The van der Waals surface area contributed by atoms with Crippen LogP contribution in [0.15, 0.2) is 42.7 Å². The van der Waals surface area contributed by atoms with Crippen molar-refractivity contribution in [3.8, 4) is 0 Å². The Morgan fingerprint density at radius 2 is 2.00 bits per heavy atom. The molecule has 0 spiro atoms. The number of fused-ring (bicyclic) bond motifs is 1. The molecule has 3 heterocycles. The van der Waals surface area contributed by atoms with Crippen LogP contribution in [0.2, 0.25) is 10.3 Å². The zero-order valence-electron chi connectivity index (χ0n) is 16.1. The Bertz CT molecular complexity index is 1120. The first-order chi connectivity index (χ1) is 14.8. The Balaban J connectivity index is 1.59. The van der Waals surface area contributed by atoms with E-state index < -0.39 is 36.5 Å². The molecular weight excluding hydrogens is 449 g/mol. The number of aliphatic hydroxyl groups excluding tert-OH is 1.